The second kappa shape index (κ2) is 7.90. The van der Waals surface area contributed by atoms with Crippen molar-refractivity contribution in [3.05, 3.63) is 35.4 Å². The molecule has 1 fully saturated rings. The second-order valence-electron chi connectivity index (χ2n) is 6.01. The number of sulfonamides is 1. The summed E-state index contributed by atoms with van der Waals surface area (Å²) >= 11 is 0. The molecule has 6 nitrogen and oxygen atoms in total. The molecule has 1 aromatic carbocycles. The Kier molecular flexibility index (Phi) is 6.15. The number of carbonyl (C=O) groups is 1. The maximum absolute atomic E-state index is 12.6. The fraction of sp³-hybridized carbons (Fsp3) is 0.562. The zero-order valence-electron chi connectivity index (χ0n) is 13.6. The van der Waals surface area contributed by atoms with E-state index in [0.29, 0.717) is 31.8 Å². The van der Waals surface area contributed by atoms with Crippen LogP contribution < -0.4 is 4.72 Å². The highest BCUT2D eigenvalue weighted by Gasteiger charge is 2.25. The Balaban J connectivity index is 2.00. The van der Waals surface area contributed by atoms with Crippen molar-refractivity contribution in [2.24, 2.45) is 5.92 Å². The summed E-state index contributed by atoms with van der Waals surface area (Å²) < 4.78 is 30.0. The van der Waals surface area contributed by atoms with E-state index in [1.54, 1.807) is 13.2 Å². The van der Waals surface area contributed by atoms with Crippen molar-refractivity contribution in [1.29, 1.82) is 0 Å². The third kappa shape index (κ3) is 5.60. The van der Waals surface area contributed by atoms with E-state index in [9.17, 15) is 13.2 Å². The molecule has 7 heteroatoms. The van der Waals surface area contributed by atoms with Gasteiger partial charge in [-0.3, -0.25) is 4.79 Å². The Hall–Kier alpha value is -1.44. The lowest BCUT2D eigenvalue weighted by Crippen LogP contribution is -2.43. The van der Waals surface area contributed by atoms with Gasteiger partial charge in [0.2, 0.25) is 10.0 Å². The summed E-state index contributed by atoms with van der Waals surface area (Å²) in [5, 5.41) is 0. The van der Waals surface area contributed by atoms with Crippen LogP contribution in [-0.4, -0.2) is 52.2 Å². The van der Waals surface area contributed by atoms with Crippen molar-refractivity contribution in [1.82, 2.24) is 9.62 Å². The quantitative estimate of drug-likeness (QED) is 0.845. The Labute approximate surface area is 137 Å². The Morgan fingerprint density at radius 2 is 2.22 bits per heavy atom. The van der Waals surface area contributed by atoms with E-state index in [1.807, 2.05) is 23.1 Å². The van der Waals surface area contributed by atoms with Crippen molar-refractivity contribution in [2.45, 2.75) is 19.4 Å². The lowest BCUT2D eigenvalue weighted by atomic mass is 9.97. The van der Waals surface area contributed by atoms with Gasteiger partial charge in [0.1, 0.15) is 0 Å². The number of ether oxygens (including phenoxy) is 1. The van der Waals surface area contributed by atoms with Gasteiger partial charge < -0.3 is 9.64 Å². The number of amides is 1. The van der Waals surface area contributed by atoms with Crippen LogP contribution in [0.5, 0.6) is 0 Å². The molecule has 1 saturated heterocycles. The van der Waals surface area contributed by atoms with Crippen LogP contribution in [0.2, 0.25) is 0 Å². The number of nitrogens with one attached hydrogen (secondary N) is 1. The van der Waals surface area contributed by atoms with Gasteiger partial charge in [0.05, 0.1) is 12.9 Å². The number of hydrogen-bond acceptors (Lipinski definition) is 4. The zero-order valence-corrected chi connectivity index (χ0v) is 14.4. The number of benzene rings is 1. The Morgan fingerprint density at radius 3 is 2.91 bits per heavy atom. The number of rotatable bonds is 6. The van der Waals surface area contributed by atoms with E-state index in [1.165, 1.54) is 0 Å². The van der Waals surface area contributed by atoms with Crippen LogP contribution in [0, 0.1) is 5.92 Å². The summed E-state index contributed by atoms with van der Waals surface area (Å²) in [5.74, 6) is 0.150. The van der Waals surface area contributed by atoms with Crippen molar-refractivity contribution >= 4 is 15.9 Å². The predicted octanol–water partition coefficient (Wildman–Crippen LogP) is 1.23. The van der Waals surface area contributed by atoms with Gasteiger partial charge in [-0.05, 0) is 36.5 Å². The fourth-order valence-corrected chi connectivity index (χ4v) is 3.37. The number of likely N-dealkylation sites (tertiary alicyclic amines) is 1. The van der Waals surface area contributed by atoms with Crippen LogP contribution in [0.1, 0.15) is 28.8 Å². The van der Waals surface area contributed by atoms with Crippen LogP contribution in [0.25, 0.3) is 0 Å². The van der Waals surface area contributed by atoms with Crippen LogP contribution >= 0.6 is 0 Å². The lowest BCUT2D eigenvalue weighted by molar-refractivity contribution is 0.0676. The largest absolute Gasteiger partial charge is 0.380 e. The van der Waals surface area contributed by atoms with Crippen molar-refractivity contribution in [3.8, 4) is 0 Å². The van der Waals surface area contributed by atoms with Gasteiger partial charge in [0.25, 0.3) is 5.91 Å². The van der Waals surface area contributed by atoms with Gasteiger partial charge >= 0.3 is 0 Å². The normalized spacial score (nSPS) is 18.9. The Bertz CT molecular complexity index is 645. The molecule has 1 aromatic rings. The molecule has 23 heavy (non-hydrogen) atoms. The lowest BCUT2D eigenvalue weighted by Gasteiger charge is -2.33. The van der Waals surface area contributed by atoms with E-state index in [2.05, 4.69) is 4.72 Å². The summed E-state index contributed by atoms with van der Waals surface area (Å²) in [7, 11) is -1.57. The molecule has 0 aromatic heterocycles. The molecule has 0 saturated carbocycles. The molecule has 1 N–H and O–H groups in total. The van der Waals surface area contributed by atoms with Crippen molar-refractivity contribution in [2.75, 3.05) is 33.0 Å². The molecule has 1 aliphatic heterocycles. The van der Waals surface area contributed by atoms with Crippen LogP contribution in [-0.2, 0) is 21.4 Å². The smallest absolute Gasteiger partial charge is 0.253 e. The first kappa shape index (κ1) is 17.9. The second-order valence-corrected chi connectivity index (χ2v) is 7.85. The van der Waals surface area contributed by atoms with Crippen LogP contribution in [0.4, 0.5) is 0 Å². The molecule has 128 valence electrons. The van der Waals surface area contributed by atoms with Gasteiger partial charge in [0, 0.05) is 32.3 Å². The van der Waals surface area contributed by atoms with E-state index in [0.717, 1.165) is 24.7 Å². The third-order valence-corrected chi connectivity index (χ3v) is 4.62. The van der Waals surface area contributed by atoms with Crippen molar-refractivity contribution in [3.63, 3.8) is 0 Å². The zero-order chi connectivity index (χ0) is 16.9. The maximum atomic E-state index is 12.6. The standard InChI is InChI=1S/C16H24N2O4S/c1-22-12-13-5-3-7-15(9-13)16(19)18-8-4-6-14(11-18)10-17-23(2,20)21/h3,5,7,9,14,17H,4,6,8,10-12H2,1-2H3/t14-/m1/s1. The number of piperidine rings is 1. The number of carbonyl (C=O) groups excluding carboxylic acids is 1. The minimum atomic E-state index is -3.19. The van der Waals surface area contributed by atoms with Gasteiger partial charge in [-0.2, -0.15) is 0 Å². The number of methoxy groups -OCH3 is 1. The van der Waals surface area contributed by atoms with Gasteiger partial charge in [0.15, 0.2) is 0 Å². The summed E-state index contributed by atoms with van der Waals surface area (Å²) in [4.78, 5) is 14.5. The van der Waals surface area contributed by atoms with Crippen LogP contribution in [0.15, 0.2) is 24.3 Å². The molecule has 0 unspecified atom stereocenters. The molecular formula is C16H24N2O4S. The molecule has 1 heterocycles. The van der Waals surface area contributed by atoms with E-state index < -0.39 is 10.0 Å². The third-order valence-electron chi connectivity index (χ3n) is 3.93. The van der Waals surface area contributed by atoms with Gasteiger partial charge in [-0.25, -0.2) is 13.1 Å². The molecule has 1 amide bonds. The molecule has 1 aliphatic rings. The van der Waals surface area contributed by atoms with Gasteiger partial charge in [-0.15, -0.1) is 0 Å². The highest BCUT2D eigenvalue weighted by molar-refractivity contribution is 7.88. The summed E-state index contributed by atoms with van der Waals surface area (Å²) in [5.41, 5.74) is 1.61. The first-order valence-electron chi connectivity index (χ1n) is 7.71. The highest BCUT2D eigenvalue weighted by Crippen LogP contribution is 2.19. The molecule has 0 radical (unpaired) electrons. The molecule has 0 spiro atoms. The number of hydrogen-bond donors (Lipinski definition) is 1. The Morgan fingerprint density at radius 1 is 1.43 bits per heavy atom. The van der Waals surface area contributed by atoms with Crippen LogP contribution in [0.3, 0.4) is 0 Å². The first-order valence-corrected chi connectivity index (χ1v) is 9.60. The first-order chi connectivity index (χ1) is 10.9. The maximum Gasteiger partial charge on any atom is 0.253 e. The summed E-state index contributed by atoms with van der Waals surface area (Å²) in [6.45, 7) is 2.15. The monoisotopic (exact) mass is 340 g/mol. The van der Waals surface area contributed by atoms with Crippen molar-refractivity contribution < 1.29 is 17.9 Å². The molecule has 2 rings (SSSR count). The minimum absolute atomic E-state index is 0.00740. The fourth-order valence-electron chi connectivity index (χ4n) is 2.83. The average Bonchev–Trinajstić information content (AvgIpc) is 2.52. The highest BCUT2D eigenvalue weighted by atomic mass is 32.2. The minimum Gasteiger partial charge on any atom is -0.380 e. The van der Waals surface area contributed by atoms with E-state index >= 15 is 0 Å². The topological polar surface area (TPSA) is 75.7 Å². The summed E-state index contributed by atoms with van der Waals surface area (Å²) in [6, 6.07) is 7.44. The van der Waals surface area contributed by atoms with Gasteiger partial charge in [-0.1, -0.05) is 12.1 Å². The average molecular weight is 340 g/mol. The molecule has 0 bridgehead atoms. The molecular weight excluding hydrogens is 316 g/mol. The molecule has 0 aliphatic carbocycles. The predicted molar refractivity (Wildman–Crippen MR) is 88.6 cm³/mol. The van der Waals surface area contributed by atoms with E-state index in [-0.39, 0.29) is 11.8 Å². The summed E-state index contributed by atoms with van der Waals surface area (Å²) in [6.07, 6.45) is 2.97. The number of nitrogens with zero attached hydrogens (tertiary/aromatic N) is 1. The SMILES string of the molecule is COCc1cccc(C(=O)N2CCC[C@H](CNS(C)(=O)=O)C2)c1. The van der Waals surface area contributed by atoms with E-state index in [4.69, 9.17) is 4.74 Å². The molecule has 1 atom stereocenters.